The van der Waals surface area contributed by atoms with Gasteiger partial charge in [0.25, 0.3) is 0 Å². The molecule has 0 radical (unpaired) electrons. The first-order chi connectivity index (χ1) is 9.60. The second-order valence-corrected chi connectivity index (χ2v) is 5.49. The Balaban J connectivity index is 1.89. The maximum atomic E-state index is 11.6. The lowest BCUT2D eigenvalue weighted by Crippen LogP contribution is -2.26. The number of aryl methyl sites for hydroxylation is 1. The number of hydrogen-bond acceptors (Lipinski definition) is 3. The molecule has 4 heteroatoms. The molecule has 0 spiro atoms. The van der Waals surface area contributed by atoms with Crippen LogP contribution < -0.4 is 15.4 Å². The van der Waals surface area contributed by atoms with E-state index in [1.807, 2.05) is 19.2 Å². The van der Waals surface area contributed by atoms with E-state index < -0.39 is 0 Å². The van der Waals surface area contributed by atoms with Crippen molar-refractivity contribution in [2.75, 3.05) is 13.7 Å². The fourth-order valence-corrected chi connectivity index (χ4v) is 2.07. The number of hydrogen-bond donors (Lipinski definition) is 2. The molecule has 0 aliphatic heterocycles. The van der Waals surface area contributed by atoms with Crippen LogP contribution in [0.25, 0.3) is 0 Å². The van der Waals surface area contributed by atoms with Gasteiger partial charge in [0.15, 0.2) is 0 Å². The predicted octanol–water partition coefficient (Wildman–Crippen LogP) is 2.32. The predicted molar refractivity (Wildman–Crippen MR) is 79.9 cm³/mol. The Morgan fingerprint density at radius 2 is 2.20 bits per heavy atom. The summed E-state index contributed by atoms with van der Waals surface area (Å²) in [5, 5.41) is 6.19. The van der Waals surface area contributed by atoms with Gasteiger partial charge in [0.2, 0.25) is 5.91 Å². The third-order valence-corrected chi connectivity index (χ3v) is 3.59. The van der Waals surface area contributed by atoms with Crippen molar-refractivity contribution >= 4 is 5.91 Å². The fraction of sp³-hybridized carbons (Fsp3) is 0.562. The molecule has 0 aromatic heterocycles. The standard InChI is InChI=1S/C16H24N2O2/c1-11-4-7-15(14(10-11)12(2)17-3)20-9-8-16(19)18-13-5-6-13/h4,7,10,12-13,17H,5-6,8-9H2,1-3H3,(H,18,19). The molecule has 1 aliphatic rings. The first-order valence-electron chi connectivity index (χ1n) is 7.30. The molecule has 20 heavy (non-hydrogen) atoms. The van der Waals surface area contributed by atoms with E-state index in [0.717, 1.165) is 24.2 Å². The van der Waals surface area contributed by atoms with Crippen molar-refractivity contribution in [2.24, 2.45) is 0 Å². The van der Waals surface area contributed by atoms with Gasteiger partial charge >= 0.3 is 0 Å². The van der Waals surface area contributed by atoms with E-state index in [1.54, 1.807) is 0 Å². The van der Waals surface area contributed by atoms with Gasteiger partial charge in [-0.05, 0) is 39.8 Å². The Morgan fingerprint density at radius 1 is 1.45 bits per heavy atom. The van der Waals surface area contributed by atoms with Gasteiger partial charge in [-0.1, -0.05) is 17.7 Å². The summed E-state index contributed by atoms with van der Waals surface area (Å²) in [6, 6.07) is 6.79. The molecule has 0 saturated heterocycles. The van der Waals surface area contributed by atoms with Crippen LogP contribution in [0.4, 0.5) is 0 Å². The van der Waals surface area contributed by atoms with Crippen molar-refractivity contribution in [1.82, 2.24) is 10.6 Å². The zero-order chi connectivity index (χ0) is 14.5. The zero-order valence-corrected chi connectivity index (χ0v) is 12.5. The maximum Gasteiger partial charge on any atom is 0.223 e. The lowest BCUT2D eigenvalue weighted by molar-refractivity contribution is -0.121. The average Bonchev–Trinajstić information content (AvgIpc) is 3.23. The molecule has 0 heterocycles. The molecular formula is C16H24N2O2. The minimum absolute atomic E-state index is 0.0860. The summed E-state index contributed by atoms with van der Waals surface area (Å²) in [6.07, 6.45) is 2.65. The monoisotopic (exact) mass is 276 g/mol. The Morgan fingerprint density at radius 3 is 2.85 bits per heavy atom. The highest BCUT2D eigenvalue weighted by Gasteiger charge is 2.22. The van der Waals surface area contributed by atoms with Gasteiger partial charge in [0.1, 0.15) is 5.75 Å². The van der Waals surface area contributed by atoms with Gasteiger partial charge in [-0.2, -0.15) is 0 Å². The molecule has 1 fully saturated rings. The lowest BCUT2D eigenvalue weighted by Gasteiger charge is -2.17. The summed E-state index contributed by atoms with van der Waals surface area (Å²) in [5.41, 5.74) is 2.34. The molecule has 1 aromatic carbocycles. The van der Waals surface area contributed by atoms with Gasteiger partial charge in [-0.3, -0.25) is 4.79 Å². The molecule has 1 aliphatic carbocycles. The number of carbonyl (C=O) groups excluding carboxylic acids is 1. The van der Waals surface area contributed by atoms with E-state index in [4.69, 9.17) is 4.74 Å². The molecule has 2 rings (SSSR count). The molecule has 4 nitrogen and oxygen atoms in total. The molecule has 1 atom stereocenters. The molecule has 2 N–H and O–H groups in total. The Bertz CT molecular complexity index is 470. The Kier molecular flexibility index (Phi) is 5.01. The van der Waals surface area contributed by atoms with Crippen LogP contribution in [0.1, 0.15) is 43.4 Å². The number of nitrogens with one attached hydrogen (secondary N) is 2. The Hall–Kier alpha value is -1.55. The third kappa shape index (κ3) is 4.23. The van der Waals surface area contributed by atoms with Crippen LogP contribution in [0, 0.1) is 6.92 Å². The first kappa shape index (κ1) is 14.9. The van der Waals surface area contributed by atoms with E-state index in [9.17, 15) is 4.79 Å². The second-order valence-electron chi connectivity index (χ2n) is 5.49. The molecule has 1 aromatic rings. The lowest BCUT2D eigenvalue weighted by atomic mass is 10.0. The van der Waals surface area contributed by atoms with Crippen LogP contribution in [0.2, 0.25) is 0 Å². The minimum atomic E-state index is 0.0860. The number of carbonyl (C=O) groups is 1. The number of ether oxygens (including phenoxy) is 1. The van der Waals surface area contributed by atoms with Gasteiger partial charge in [0.05, 0.1) is 13.0 Å². The van der Waals surface area contributed by atoms with Crippen LogP contribution in [-0.4, -0.2) is 25.6 Å². The van der Waals surface area contributed by atoms with Crippen molar-refractivity contribution < 1.29 is 9.53 Å². The molecule has 1 saturated carbocycles. The minimum Gasteiger partial charge on any atom is -0.493 e. The van der Waals surface area contributed by atoms with Crippen LogP contribution in [0.3, 0.4) is 0 Å². The van der Waals surface area contributed by atoms with E-state index in [1.165, 1.54) is 5.56 Å². The number of rotatable bonds is 7. The quantitative estimate of drug-likeness (QED) is 0.803. The maximum absolute atomic E-state index is 11.6. The zero-order valence-electron chi connectivity index (χ0n) is 12.5. The molecular weight excluding hydrogens is 252 g/mol. The molecule has 110 valence electrons. The SMILES string of the molecule is CNC(C)c1cc(C)ccc1OCCC(=O)NC1CC1. The van der Waals surface area contributed by atoms with Crippen molar-refractivity contribution in [2.45, 2.75) is 45.2 Å². The third-order valence-electron chi connectivity index (χ3n) is 3.59. The first-order valence-corrected chi connectivity index (χ1v) is 7.30. The Labute approximate surface area is 120 Å². The fourth-order valence-electron chi connectivity index (χ4n) is 2.07. The van der Waals surface area contributed by atoms with Crippen LogP contribution >= 0.6 is 0 Å². The largest absolute Gasteiger partial charge is 0.493 e. The van der Waals surface area contributed by atoms with E-state index in [0.29, 0.717) is 19.1 Å². The second kappa shape index (κ2) is 6.75. The van der Waals surface area contributed by atoms with Gasteiger partial charge < -0.3 is 15.4 Å². The van der Waals surface area contributed by atoms with E-state index in [2.05, 4.69) is 30.5 Å². The van der Waals surface area contributed by atoms with Crippen molar-refractivity contribution in [3.05, 3.63) is 29.3 Å². The van der Waals surface area contributed by atoms with E-state index >= 15 is 0 Å². The highest BCUT2D eigenvalue weighted by Crippen LogP contribution is 2.26. The number of amides is 1. The van der Waals surface area contributed by atoms with Crippen molar-refractivity contribution in [3.63, 3.8) is 0 Å². The average molecular weight is 276 g/mol. The summed E-state index contributed by atoms with van der Waals surface area (Å²) in [4.78, 5) is 11.6. The summed E-state index contributed by atoms with van der Waals surface area (Å²) in [5.74, 6) is 0.944. The van der Waals surface area contributed by atoms with Gasteiger partial charge in [-0.25, -0.2) is 0 Å². The van der Waals surface area contributed by atoms with Crippen LogP contribution in [0.15, 0.2) is 18.2 Å². The molecule has 0 bridgehead atoms. The van der Waals surface area contributed by atoms with Gasteiger partial charge in [-0.15, -0.1) is 0 Å². The van der Waals surface area contributed by atoms with Crippen molar-refractivity contribution in [3.8, 4) is 5.75 Å². The molecule has 1 amide bonds. The number of benzene rings is 1. The highest BCUT2D eigenvalue weighted by molar-refractivity contribution is 5.76. The topological polar surface area (TPSA) is 50.4 Å². The normalized spacial score (nSPS) is 15.8. The summed E-state index contributed by atoms with van der Waals surface area (Å²) in [7, 11) is 1.93. The summed E-state index contributed by atoms with van der Waals surface area (Å²) in [6.45, 7) is 4.59. The van der Waals surface area contributed by atoms with Crippen LogP contribution in [-0.2, 0) is 4.79 Å². The molecule has 1 unspecified atom stereocenters. The van der Waals surface area contributed by atoms with Crippen LogP contribution in [0.5, 0.6) is 5.75 Å². The van der Waals surface area contributed by atoms with Gasteiger partial charge in [0, 0.05) is 17.6 Å². The van der Waals surface area contributed by atoms with E-state index in [-0.39, 0.29) is 11.9 Å². The van der Waals surface area contributed by atoms with Crippen molar-refractivity contribution in [1.29, 1.82) is 0 Å². The highest BCUT2D eigenvalue weighted by atomic mass is 16.5. The smallest absolute Gasteiger partial charge is 0.223 e. The summed E-state index contributed by atoms with van der Waals surface area (Å²) < 4.78 is 5.79. The summed E-state index contributed by atoms with van der Waals surface area (Å²) >= 11 is 0.